The van der Waals surface area contributed by atoms with E-state index in [2.05, 4.69) is 11.0 Å². The molecule has 1 aromatic carbocycles. The molecule has 1 aliphatic rings. The quantitative estimate of drug-likeness (QED) is 0.788. The molecule has 1 nitrogen and oxygen atoms in total. The zero-order valence-electron chi connectivity index (χ0n) is 10.4. The van der Waals surface area contributed by atoms with Crippen LogP contribution in [0.4, 0.5) is 13.2 Å². The van der Waals surface area contributed by atoms with Crippen molar-refractivity contribution in [2.75, 3.05) is 13.1 Å². The summed E-state index contributed by atoms with van der Waals surface area (Å²) < 4.78 is 38.9. The summed E-state index contributed by atoms with van der Waals surface area (Å²) >= 11 is 0. The zero-order valence-corrected chi connectivity index (χ0v) is 10.4. The molecule has 0 saturated carbocycles. The van der Waals surface area contributed by atoms with Crippen LogP contribution < -0.4 is 0 Å². The summed E-state index contributed by atoms with van der Waals surface area (Å²) in [5.41, 5.74) is -0.238. The highest BCUT2D eigenvalue weighted by molar-refractivity contribution is 5.31. The smallest absolute Gasteiger partial charge is 0.296 e. The summed E-state index contributed by atoms with van der Waals surface area (Å²) in [4.78, 5) is 2.15. The van der Waals surface area contributed by atoms with Crippen LogP contribution in [0.5, 0.6) is 0 Å². The van der Waals surface area contributed by atoms with Crippen molar-refractivity contribution in [3.63, 3.8) is 0 Å². The second-order valence-electron chi connectivity index (χ2n) is 4.67. The predicted molar refractivity (Wildman–Crippen MR) is 64.1 cm³/mol. The number of alkyl halides is 3. The van der Waals surface area contributed by atoms with E-state index in [-0.39, 0.29) is 6.04 Å². The van der Waals surface area contributed by atoms with Crippen LogP contribution in [0.15, 0.2) is 18.2 Å². The first-order valence-corrected chi connectivity index (χ1v) is 6.36. The summed E-state index contributed by atoms with van der Waals surface area (Å²) in [7, 11) is 0. The third-order valence-electron chi connectivity index (χ3n) is 3.50. The molecule has 0 N–H and O–H groups in total. The minimum absolute atomic E-state index is 0.137. The summed E-state index contributed by atoms with van der Waals surface area (Å²) in [6, 6.07) is 6.79. The second kappa shape index (κ2) is 5.31. The van der Waals surface area contributed by atoms with Gasteiger partial charge < -0.3 is 0 Å². The Kier molecular flexibility index (Phi) is 3.95. The van der Waals surface area contributed by atoms with Gasteiger partial charge in [-0.3, -0.25) is 4.90 Å². The van der Waals surface area contributed by atoms with E-state index in [1.54, 1.807) is 12.1 Å². The van der Waals surface area contributed by atoms with Gasteiger partial charge in [0.2, 0.25) is 0 Å². The van der Waals surface area contributed by atoms with Gasteiger partial charge in [-0.1, -0.05) is 25.1 Å². The highest BCUT2D eigenvalue weighted by Crippen LogP contribution is 2.37. The molecule has 99 valence electrons. The molecule has 0 aromatic heterocycles. The van der Waals surface area contributed by atoms with Crippen LogP contribution in [0, 0.1) is 6.07 Å². The highest BCUT2D eigenvalue weighted by Gasteiger charge is 2.36. The highest BCUT2D eigenvalue weighted by atomic mass is 19.4. The summed E-state index contributed by atoms with van der Waals surface area (Å²) in [6.07, 6.45) is -1.46. The Bertz CT molecular complexity index is 394. The van der Waals surface area contributed by atoms with Crippen molar-refractivity contribution in [2.45, 2.75) is 38.4 Å². The topological polar surface area (TPSA) is 3.24 Å². The Balaban J connectivity index is 2.35. The lowest BCUT2D eigenvalue weighted by atomic mass is 9.97. The molecule has 0 aliphatic carbocycles. The van der Waals surface area contributed by atoms with Gasteiger partial charge in [-0.15, -0.1) is 0 Å². The minimum atomic E-state index is -4.32. The maximum absolute atomic E-state index is 13.0. The molecular formula is C14H17F3N. The van der Waals surface area contributed by atoms with Gasteiger partial charge in [0.15, 0.2) is 0 Å². The average molecular weight is 256 g/mol. The molecule has 1 saturated heterocycles. The molecule has 0 amide bonds. The number of rotatable bonds is 3. The first-order valence-electron chi connectivity index (χ1n) is 6.36. The molecule has 0 bridgehead atoms. The Morgan fingerprint density at radius 1 is 1.33 bits per heavy atom. The van der Waals surface area contributed by atoms with E-state index >= 15 is 0 Å². The van der Waals surface area contributed by atoms with Crippen LogP contribution in [0.3, 0.4) is 0 Å². The Morgan fingerprint density at radius 2 is 2.00 bits per heavy atom. The van der Waals surface area contributed by atoms with E-state index in [0.29, 0.717) is 12.0 Å². The van der Waals surface area contributed by atoms with Gasteiger partial charge in [0.25, 0.3) is 0 Å². The van der Waals surface area contributed by atoms with E-state index < -0.39 is 11.7 Å². The summed E-state index contributed by atoms with van der Waals surface area (Å²) in [6.45, 7) is 3.73. The molecule has 1 aliphatic heterocycles. The van der Waals surface area contributed by atoms with E-state index in [4.69, 9.17) is 0 Å². The largest absolute Gasteiger partial charge is 0.417 e. The number of likely N-dealkylation sites (tertiary alicyclic amines) is 1. The molecule has 2 rings (SSSR count). The minimum Gasteiger partial charge on any atom is -0.296 e. The number of nitrogens with zero attached hydrogens (tertiary/aromatic N) is 1. The standard InChI is InChI=1S/C14H17F3N/c1-2-13(18-9-5-6-10-18)11-7-3-4-8-12(11)14(15,16)17/h3-4,7,13H,2,5-6,9-10H2,1H3. The fourth-order valence-corrected chi connectivity index (χ4v) is 2.70. The summed E-state index contributed by atoms with van der Waals surface area (Å²) in [5, 5.41) is 0. The van der Waals surface area contributed by atoms with E-state index in [0.717, 1.165) is 25.9 Å². The van der Waals surface area contributed by atoms with Crippen molar-refractivity contribution in [3.05, 3.63) is 35.4 Å². The predicted octanol–water partition coefficient (Wildman–Crippen LogP) is 4.05. The average Bonchev–Trinajstić information content (AvgIpc) is 2.83. The van der Waals surface area contributed by atoms with Gasteiger partial charge in [0.05, 0.1) is 5.56 Å². The molecule has 18 heavy (non-hydrogen) atoms. The normalized spacial score (nSPS) is 19.1. The van der Waals surface area contributed by atoms with E-state index in [9.17, 15) is 13.2 Å². The third kappa shape index (κ3) is 2.69. The third-order valence-corrected chi connectivity index (χ3v) is 3.50. The van der Waals surface area contributed by atoms with Crippen molar-refractivity contribution in [2.24, 2.45) is 0 Å². The van der Waals surface area contributed by atoms with Crippen molar-refractivity contribution in [1.82, 2.24) is 4.90 Å². The van der Waals surface area contributed by atoms with Crippen molar-refractivity contribution >= 4 is 0 Å². The number of halogens is 3. The lowest BCUT2D eigenvalue weighted by molar-refractivity contribution is -0.139. The Hall–Kier alpha value is -1.03. The molecule has 1 radical (unpaired) electrons. The van der Waals surface area contributed by atoms with Crippen LogP contribution in [-0.4, -0.2) is 18.0 Å². The zero-order chi connectivity index (χ0) is 13.2. The van der Waals surface area contributed by atoms with Crippen LogP contribution in [0.25, 0.3) is 0 Å². The maximum Gasteiger partial charge on any atom is 0.417 e. The van der Waals surface area contributed by atoms with Crippen LogP contribution >= 0.6 is 0 Å². The molecule has 1 fully saturated rings. The van der Waals surface area contributed by atoms with E-state index in [1.165, 1.54) is 6.07 Å². The molecule has 1 atom stereocenters. The molecule has 4 heteroatoms. The Morgan fingerprint density at radius 3 is 2.56 bits per heavy atom. The number of hydrogen-bond acceptors (Lipinski definition) is 1. The molecule has 1 unspecified atom stereocenters. The lowest BCUT2D eigenvalue weighted by Gasteiger charge is -2.29. The first-order chi connectivity index (χ1) is 8.54. The van der Waals surface area contributed by atoms with Gasteiger partial charge in [0.1, 0.15) is 0 Å². The number of hydrogen-bond donors (Lipinski definition) is 0. The number of benzene rings is 1. The molecule has 1 heterocycles. The Labute approximate surface area is 106 Å². The monoisotopic (exact) mass is 256 g/mol. The lowest BCUT2D eigenvalue weighted by Crippen LogP contribution is -2.27. The SMILES string of the molecule is CCC(c1ccc[c]c1C(F)(F)F)N1CCCC1. The van der Waals surface area contributed by atoms with E-state index in [1.807, 2.05) is 6.92 Å². The van der Waals surface area contributed by atoms with Gasteiger partial charge in [-0.05, 0) is 44.0 Å². The van der Waals surface area contributed by atoms with Crippen molar-refractivity contribution < 1.29 is 13.2 Å². The summed E-state index contributed by atoms with van der Waals surface area (Å²) in [5.74, 6) is 0. The second-order valence-corrected chi connectivity index (χ2v) is 4.67. The van der Waals surface area contributed by atoms with Crippen molar-refractivity contribution in [1.29, 1.82) is 0 Å². The molecule has 0 spiro atoms. The maximum atomic E-state index is 13.0. The molecular weight excluding hydrogens is 239 g/mol. The fraction of sp³-hybridized carbons (Fsp3) is 0.571. The van der Waals surface area contributed by atoms with Crippen LogP contribution in [0.1, 0.15) is 43.4 Å². The fourth-order valence-electron chi connectivity index (χ4n) is 2.70. The molecule has 1 aromatic rings. The van der Waals surface area contributed by atoms with Crippen LogP contribution in [0.2, 0.25) is 0 Å². The van der Waals surface area contributed by atoms with Gasteiger partial charge in [-0.2, -0.15) is 13.2 Å². The van der Waals surface area contributed by atoms with Gasteiger partial charge >= 0.3 is 6.18 Å². The van der Waals surface area contributed by atoms with Crippen molar-refractivity contribution in [3.8, 4) is 0 Å². The van der Waals surface area contributed by atoms with Gasteiger partial charge in [0, 0.05) is 6.04 Å². The van der Waals surface area contributed by atoms with Crippen LogP contribution in [-0.2, 0) is 6.18 Å². The van der Waals surface area contributed by atoms with Gasteiger partial charge in [-0.25, -0.2) is 0 Å². The first kappa shape index (κ1) is 13.4.